The number of hydrogen-bond donors (Lipinski definition) is 3. The van der Waals surface area contributed by atoms with Crippen LogP contribution in [0.1, 0.15) is 5.56 Å². The van der Waals surface area contributed by atoms with Gasteiger partial charge in [0.15, 0.2) is 0 Å². The molecule has 1 aromatic carbocycles. The molecule has 0 radical (unpaired) electrons. The number of piperazine rings is 1. The number of benzene rings is 1. The number of rotatable bonds is 4. The van der Waals surface area contributed by atoms with Gasteiger partial charge >= 0.3 is 0 Å². The average Bonchev–Trinajstić information content (AvgIpc) is 2.37. The van der Waals surface area contributed by atoms with Crippen LogP contribution < -0.4 is 16.4 Å². The van der Waals surface area contributed by atoms with Crippen LogP contribution in [0.5, 0.6) is 0 Å². The van der Waals surface area contributed by atoms with Crippen molar-refractivity contribution < 1.29 is 14.4 Å². The van der Waals surface area contributed by atoms with Gasteiger partial charge in [0.1, 0.15) is 0 Å². The van der Waals surface area contributed by atoms with Gasteiger partial charge in [-0.3, -0.25) is 24.6 Å². The van der Waals surface area contributed by atoms with Gasteiger partial charge in [0, 0.05) is 12.2 Å². The summed E-state index contributed by atoms with van der Waals surface area (Å²) in [4.78, 5) is 35.8. The molecular weight excluding hydrogens is 260 g/mol. The highest BCUT2D eigenvalue weighted by molar-refractivity contribution is 6.00. The third-order valence-electron chi connectivity index (χ3n) is 2.89. The average molecular weight is 276 g/mol. The highest BCUT2D eigenvalue weighted by Gasteiger charge is 2.24. The molecule has 106 valence electrons. The zero-order valence-corrected chi connectivity index (χ0v) is 10.9. The number of nitrogens with one attached hydrogen (secondary N) is 2. The predicted octanol–water partition coefficient (Wildman–Crippen LogP) is -0.958. The van der Waals surface area contributed by atoms with Gasteiger partial charge in [0.05, 0.1) is 19.6 Å². The Kier molecular flexibility index (Phi) is 4.44. The second-order valence-electron chi connectivity index (χ2n) is 4.53. The van der Waals surface area contributed by atoms with E-state index in [0.717, 1.165) is 5.56 Å². The Balaban J connectivity index is 1.95. The number of para-hydroxylation sites is 1. The van der Waals surface area contributed by atoms with Gasteiger partial charge in [-0.15, -0.1) is 0 Å². The fourth-order valence-electron chi connectivity index (χ4n) is 2.02. The molecule has 2 rings (SSSR count). The monoisotopic (exact) mass is 276 g/mol. The van der Waals surface area contributed by atoms with E-state index in [1.807, 2.05) is 12.1 Å². The normalized spacial score (nSPS) is 15.8. The first-order valence-electron chi connectivity index (χ1n) is 6.21. The van der Waals surface area contributed by atoms with Crippen LogP contribution in [0.2, 0.25) is 0 Å². The molecule has 1 aliphatic heterocycles. The van der Waals surface area contributed by atoms with E-state index in [4.69, 9.17) is 5.73 Å². The molecule has 1 aliphatic rings. The Morgan fingerprint density at radius 2 is 1.90 bits per heavy atom. The van der Waals surface area contributed by atoms with Crippen LogP contribution in [0.25, 0.3) is 0 Å². The van der Waals surface area contributed by atoms with Gasteiger partial charge in [-0.1, -0.05) is 18.2 Å². The maximum absolute atomic E-state index is 11.9. The Labute approximate surface area is 116 Å². The summed E-state index contributed by atoms with van der Waals surface area (Å²) in [6.07, 6.45) is 0. The van der Waals surface area contributed by atoms with Crippen LogP contribution in [0.15, 0.2) is 24.3 Å². The molecule has 1 heterocycles. The molecule has 7 nitrogen and oxygen atoms in total. The lowest BCUT2D eigenvalue weighted by Gasteiger charge is -2.24. The number of amides is 3. The SMILES string of the molecule is NCc1ccccc1NC(=O)CN1CC(=O)NC(=O)C1. The first-order chi connectivity index (χ1) is 9.58. The Hall–Kier alpha value is -2.25. The number of imide groups is 1. The standard InChI is InChI=1S/C13H16N4O3/c14-5-9-3-1-2-4-10(9)15-11(18)6-17-7-12(19)16-13(20)8-17/h1-4H,5-8,14H2,(H,15,18)(H,16,19,20). The van der Waals surface area contributed by atoms with Crippen LogP contribution in [-0.2, 0) is 20.9 Å². The first-order valence-corrected chi connectivity index (χ1v) is 6.21. The van der Waals surface area contributed by atoms with E-state index < -0.39 is 11.8 Å². The van der Waals surface area contributed by atoms with Crippen molar-refractivity contribution in [1.29, 1.82) is 0 Å². The van der Waals surface area contributed by atoms with Crippen LogP contribution in [0.3, 0.4) is 0 Å². The summed E-state index contributed by atoms with van der Waals surface area (Å²) in [7, 11) is 0. The third-order valence-corrected chi connectivity index (χ3v) is 2.89. The third kappa shape index (κ3) is 3.62. The Bertz CT molecular complexity index is 528. The number of nitrogens with two attached hydrogens (primary N) is 1. The number of carbonyl (C=O) groups is 3. The van der Waals surface area contributed by atoms with E-state index in [0.29, 0.717) is 12.2 Å². The highest BCUT2D eigenvalue weighted by atomic mass is 16.2. The van der Waals surface area contributed by atoms with Crippen molar-refractivity contribution >= 4 is 23.4 Å². The summed E-state index contributed by atoms with van der Waals surface area (Å²) in [6.45, 7) is 0.383. The molecule has 0 unspecified atom stereocenters. The van der Waals surface area contributed by atoms with E-state index in [1.54, 1.807) is 12.1 Å². The lowest BCUT2D eigenvalue weighted by Crippen LogP contribution is -2.53. The van der Waals surface area contributed by atoms with Crippen molar-refractivity contribution in [2.45, 2.75) is 6.54 Å². The molecule has 20 heavy (non-hydrogen) atoms. The smallest absolute Gasteiger partial charge is 0.240 e. The van der Waals surface area contributed by atoms with E-state index in [1.165, 1.54) is 4.90 Å². The molecule has 0 spiro atoms. The van der Waals surface area contributed by atoms with E-state index in [2.05, 4.69) is 10.6 Å². The summed E-state index contributed by atoms with van der Waals surface area (Å²) >= 11 is 0. The number of hydrogen-bond acceptors (Lipinski definition) is 5. The molecule has 0 aromatic heterocycles. The number of nitrogens with zero attached hydrogens (tertiary/aromatic N) is 1. The van der Waals surface area contributed by atoms with Gasteiger partial charge in [-0.05, 0) is 11.6 Å². The van der Waals surface area contributed by atoms with Gasteiger partial charge < -0.3 is 11.1 Å². The molecule has 1 saturated heterocycles. The molecule has 7 heteroatoms. The van der Waals surface area contributed by atoms with Gasteiger partial charge in [0.2, 0.25) is 17.7 Å². The summed E-state index contributed by atoms with van der Waals surface area (Å²) in [5.74, 6) is -1.07. The molecule has 0 bridgehead atoms. The zero-order chi connectivity index (χ0) is 14.5. The maximum Gasteiger partial charge on any atom is 0.240 e. The van der Waals surface area contributed by atoms with Crippen molar-refractivity contribution in [1.82, 2.24) is 10.2 Å². The summed E-state index contributed by atoms with van der Waals surface area (Å²) in [5, 5.41) is 4.92. The molecular formula is C13H16N4O3. The lowest BCUT2D eigenvalue weighted by molar-refractivity contribution is -0.136. The van der Waals surface area contributed by atoms with Gasteiger partial charge in [-0.2, -0.15) is 0 Å². The van der Waals surface area contributed by atoms with Crippen molar-refractivity contribution in [3.8, 4) is 0 Å². The molecule has 3 amide bonds. The van der Waals surface area contributed by atoms with E-state index >= 15 is 0 Å². The molecule has 0 saturated carbocycles. The Morgan fingerprint density at radius 3 is 2.55 bits per heavy atom. The van der Waals surface area contributed by atoms with Gasteiger partial charge in [-0.25, -0.2) is 0 Å². The molecule has 4 N–H and O–H groups in total. The Morgan fingerprint density at radius 1 is 1.25 bits per heavy atom. The quantitative estimate of drug-likeness (QED) is 0.615. The summed E-state index contributed by atoms with van der Waals surface area (Å²) in [6, 6.07) is 7.22. The van der Waals surface area contributed by atoms with Crippen LogP contribution in [0, 0.1) is 0 Å². The van der Waals surface area contributed by atoms with Crippen molar-refractivity contribution in [3.05, 3.63) is 29.8 Å². The van der Waals surface area contributed by atoms with Crippen molar-refractivity contribution in [2.75, 3.05) is 25.0 Å². The van der Waals surface area contributed by atoms with Crippen LogP contribution >= 0.6 is 0 Å². The van der Waals surface area contributed by atoms with Crippen LogP contribution in [-0.4, -0.2) is 42.3 Å². The molecule has 0 atom stereocenters. The highest BCUT2D eigenvalue weighted by Crippen LogP contribution is 2.14. The van der Waals surface area contributed by atoms with E-state index in [-0.39, 0.29) is 25.5 Å². The number of carbonyl (C=O) groups excluding carboxylic acids is 3. The second kappa shape index (κ2) is 6.27. The van der Waals surface area contributed by atoms with E-state index in [9.17, 15) is 14.4 Å². The maximum atomic E-state index is 11.9. The van der Waals surface area contributed by atoms with Crippen LogP contribution in [0.4, 0.5) is 5.69 Å². The molecule has 1 fully saturated rings. The summed E-state index contributed by atoms with van der Waals surface area (Å²) < 4.78 is 0. The second-order valence-corrected chi connectivity index (χ2v) is 4.53. The fourth-order valence-corrected chi connectivity index (χ4v) is 2.02. The minimum Gasteiger partial charge on any atom is -0.326 e. The molecule has 1 aromatic rings. The minimum atomic E-state index is -0.392. The summed E-state index contributed by atoms with van der Waals surface area (Å²) in [5.41, 5.74) is 7.06. The lowest BCUT2D eigenvalue weighted by atomic mass is 10.2. The first kappa shape index (κ1) is 14.2. The fraction of sp³-hybridized carbons (Fsp3) is 0.308. The van der Waals surface area contributed by atoms with Crippen molar-refractivity contribution in [2.24, 2.45) is 5.73 Å². The van der Waals surface area contributed by atoms with Gasteiger partial charge in [0.25, 0.3) is 0 Å². The predicted molar refractivity (Wildman–Crippen MR) is 72.6 cm³/mol. The zero-order valence-electron chi connectivity index (χ0n) is 10.9. The largest absolute Gasteiger partial charge is 0.326 e. The topological polar surface area (TPSA) is 105 Å². The molecule has 0 aliphatic carbocycles. The van der Waals surface area contributed by atoms with Crippen molar-refractivity contribution in [3.63, 3.8) is 0 Å². The number of anilines is 1. The minimum absolute atomic E-state index is 0.0158.